The summed E-state index contributed by atoms with van der Waals surface area (Å²) in [4.78, 5) is 26.9. The molecule has 0 unspecified atom stereocenters. The second-order valence-corrected chi connectivity index (χ2v) is 3.90. The van der Waals surface area contributed by atoms with E-state index in [9.17, 15) is 22.8 Å². The molecule has 0 fully saturated rings. The highest BCUT2D eigenvalue weighted by molar-refractivity contribution is 6.10. The highest BCUT2D eigenvalue weighted by atomic mass is 19.4. The minimum Gasteiger partial charge on any atom is -0.319 e. The van der Waals surface area contributed by atoms with E-state index < -0.39 is 23.4 Å². The van der Waals surface area contributed by atoms with E-state index in [1.807, 2.05) is 0 Å². The maximum Gasteiger partial charge on any atom is 0.454 e. The van der Waals surface area contributed by atoms with Crippen molar-refractivity contribution in [3.05, 3.63) is 59.9 Å². The smallest absolute Gasteiger partial charge is 0.319 e. The van der Waals surface area contributed by atoms with Crippen LogP contribution in [0, 0.1) is 12.1 Å². The summed E-state index contributed by atoms with van der Waals surface area (Å²) in [6.07, 6.45) is -3.68. The zero-order valence-corrected chi connectivity index (χ0v) is 10.4. The Labute approximate surface area is 117 Å². The third-order valence-corrected chi connectivity index (χ3v) is 2.45. The largest absolute Gasteiger partial charge is 0.454 e. The summed E-state index contributed by atoms with van der Waals surface area (Å²) >= 11 is 0. The summed E-state index contributed by atoms with van der Waals surface area (Å²) in [5, 5.41) is 2.21. The Hall–Kier alpha value is -2.88. The number of alkyl halides is 3. The molecule has 21 heavy (non-hydrogen) atoms. The lowest BCUT2D eigenvalue weighted by Gasteiger charge is -2.10. The van der Waals surface area contributed by atoms with Crippen molar-refractivity contribution >= 4 is 17.4 Å². The van der Waals surface area contributed by atoms with Crippen LogP contribution in [0.4, 0.5) is 18.9 Å². The van der Waals surface area contributed by atoms with Gasteiger partial charge in [0.2, 0.25) is 0 Å². The zero-order valence-electron chi connectivity index (χ0n) is 10.4. The molecule has 0 saturated carbocycles. The Bertz CT molecular complexity index is 669. The maximum atomic E-state index is 12.5. The van der Waals surface area contributed by atoms with Gasteiger partial charge in [0, 0.05) is 18.3 Å². The average molecular weight is 292 g/mol. The van der Waals surface area contributed by atoms with Crippen LogP contribution >= 0.6 is 0 Å². The molecule has 1 heterocycles. The quantitative estimate of drug-likeness (QED) is 0.885. The first-order valence-electron chi connectivity index (χ1n) is 5.65. The minimum absolute atomic E-state index is 0.00994. The molecule has 106 valence electrons. The van der Waals surface area contributed by atoms with Crippen LogP contribution in [0.25, 0.3) is 0 Å². The van der Waals surface area contributed by atoms with Crippen LogP contribution < -0.4 is 5.32 Å². The fraction of sp³-hybridized carbons (Fsp3) is 0.0714. The van der Waals surface area contributed by atoms with Crippen LogP contribution in [0.1, 0.15) is 20.8 Å². The van der Waals surface area contributed by atoms with Gasteiger partial charge >= 0.3 is 6.18 Å². The number of halogens is 3. The number of Topliss-reactive ketones (excluding diaryl/α,β-unsaturated/α-hetero) is 1. The highest BCUT2D eigenvalue weighted by Crippen LogP contribution is 2.25. The first-order valence-corrected chi connectivity index (χ1v) is 5.65. The molecule has 0 radical (unpaired) electrons. The fourth-order valence-corrected chi connectivity index (χ4v) is 1.51. The lowest BCUT2D eigenvalue weighted by atomic mass is 10.1. The number of pyridine rings is 1. The number of ketones is 1. The summed E-state index contributed by atoms with van der Waals surface area (Å²) in [5.41, 5.74) is -0.993. The van der Waals surface area contributed by atoms with Crippen LogP contribution in [0.15, 0.2) is 36.5 Å². The summed E-state index contributed by atoms with van der Waals surface area (Å²) in [7, 11) is 0. The number of nitrogens with zero attached hydrogens (tertiary/aromatic N) is 1. The molecule has 4 nitrogen and oxygen atoms in total. The SMILES string of the molecule is O=C(Nc1cc#ccc1C(=O)C(F)(F)F)c1ccccn1. The molecule has 2 aromatic rings. The first kappa shape index (κ1) is 14.5. The van der Waals surface area contributed by atoms with E-state index in [1.165, 1.54) is 12.3 Å². The van der Waals surface area contributed by atoms with Gasteiger partial charge in [0.05, 0.1) is 11.3 Å². The third-order valence-electron chi connectivity index (χ3n) is 2.45. The molecule has 2 rings (SSSR count). The Morgan fingerprint density at radius 1 is 1.14 bits per heavy atom. The third kappa shape index (κ3) is 3.36. The predicted octanol–water partition coefficient (Wildman–Crippen LogP) is 2.68. The summed E-state index contributed by atoms with van der Waals surface area (Å²) in [5.74, 6) is -2.80. The van der Waals surface area contributed by atoms with Gasteiger partial charge < -0.3 is 5.32 Å². The normalized spacial score (nSPS) is 10.6. The van der Waals surface area contributed by atoms with Crippen molar-refractivity contribution in [1.82, 2.24) is 4.98 Å². The second-order valence-electron chi connectivity index (χ2n) is 3.90. The van der Waals surface area contributed by atoms with Crippen molar-refractivity contribution in [2.45, 2.75) is 6.18 Å². The molecule has 0 atom stereocenters. The van der Waals surface area contributed by atoms with Gasteiger partial charge in [-0.25, -0.2) is 0 Å². The molecular weight excluding hydrogens is 285 g/mol. The molecule has 0 aliphatic heterocycles. The van der Waals surface area contributed by atoms with Gasteiger partial charge in [-0.05, 0) is 12.1 Å². The van der Waals surface area contributed by atoms with E-state index in [-0.39, 0.29) is 11.4 Å². The standard InChI is InChI=1S/C14H7F3N2O2/c15-14(16,17)12(20)9-5-1-2-6-10(9)19-13(21)11-7-3-4-8-18-11/h3-8H,(H,19,21). The average Bonchev–Trinajstić information content (AvgIpc) is 2.47. The van der Waals surface area contributed by atoms with E-state index in [4.69, 9.17) is 0 Å². The van der Waals surface area contributed by atoms with Gasteiger partial charge in [0.25, 0.3) is 11.7 Å². The number of hydrogen-bond acceptors (Lipinski definition) is 3. The lowest BCUT2D eigenvalue weighted by Crippen LogP contribution is -2.25. The van der Waals surface area contributed by atoms with Gasteiger partial charge in [-0.15, -0.1) is 0 Å². The Balaban J connectivity index is 2.30. The van der Waals surface area contributed by atoms with Crippen molar-refractivity contribution < 1.29 is 22.8 Å². The van der Waals surface area contributed by atoms with Crippen molar-refractivity contribution in [3.8, 4) is 0 Å². The number of carbonyl (C=O) groups is 2. The lowest BCUT2D eigenvalue weighted by molar-refractivity contribution is -0.0884. The molecule has 0 aliphatic rings. The van der Waals surface area contributed by atoms with E-state index in [0.717, 1.165) is 12.1 Å². The molecule has 1 aromatic heterocycles. The van der Waals surface area contributed by atoms with Gasteiger partial charge in [-0.1, -0.05) is 18.2 Å². The molecule has 0 bridgehead atoms. The Kier molecular flexibility index (Phi) is 3.89. The van der Waals surface area contributed by atoms with Gasteiger partial charge in [-0.2, -0.15) is 13.2 Å². The summed E-state index contributed by atoms with van der Waals surface area (Å²) in [6, 6.07) is 11.0. The predicted molar refractivity (Wildman–Crippen MR) is 66.7 cm³/mol. The molecule has 1 N–H and O–H groups in total. The monoisotopic (exact) mass is 292 g/mol. The van der Waals surface area contributed by atoms with Crippen LogP contribution in [0.3, 0.4) is 0 Å². The van der Waals surface area contributed by atoms with Crippen LogP contribution in [-0.2, 0) is 0 Å². The van der Waals surface area contributed by atoms with E-state index in [2.05, 4.69) is 22.4 Å². The summed E-state index contributed by atoms with van der Waals surface area (Å²) in [6.45, 7) is 0. The van der Waals surface area contributed by atoms with Crippen LogP contribution in [-0.4, -0.2) is 22.9 Å². The summed E-state index contributed by atoms with van der Waals surface area (Å²) < 4.78 is 37.4. The van der Waals surface area contributed by atoms with Crippen molar-refractivity contribution in [3.63, 3.8) is 0 Å². The van der Waals surface area contributed by atoms with Crippen LogP contribution in [0.5, 0.6) is 0 Å². The number of amides is 1. The van der Waals surface area contributed by atoms with Crippen molar-refractivity contribution in [2.24, 2.45) is 0 Å². The number of nitrogens with one attached hydrogen (secondary N) is 1. The van der Waals surface area contributed by atoms with Gasteiger partial charge in [0.1, 0.15) is 5.69 Å². The number of carbonyl (C=O) groups excluding carboxylic acids is 2. The van der Waals surface area contributed by atoms with E-state index >= 15 is 0 Å². The van der Waals surface area contributed by atoms with Crippen LogP contribution in [0.2, 0.25) is 0 Å². The fourth-order valence-electron chi connectivity index (χ4n) is 1.51. The molecule has 7 heteroatoms. The maximum absolute atomic E-state index is 12.5. The molecule has 1 aromatic carbocycles. The second kappa shape index (κ2) is 5.63. The molecule has 0 saturated heterocycles. The minimum atomic E-state index is -5.04. The molecule has 1 amide bonds. The Morgan fingerprint density at radius 3 is 2.48 bits per heavy atom. The molecular formula is C14H7F3N2O2. The zero-order chi connectivity index (χ0) is 15.5. The van der Waals surface area contributed by atoms with Crippen molar-refractivity contribution in [1.29, 1.82) is 0 Å². The first-order chi connectivity index (χ1) is 9.89. The number of aromatic nitrogens is 1. The number of hydrogen-bond donors (Lipinski definition) is 1. The van der Waals surface area contributed by atoms with Crippen molar-refractivity contribution in [2.75, 3.05) is 5.32 Å². The van der Waals surface area contributed by atoms with Gasteiger partial charge in [-0.3, -0.25) is 14.6 Å². The molecule has 0 spiro atoms. The highest BCUT2D eigenvalue weighted by Gasteiger charge is 2.40. The molecule has 0 aliphatic carbocycles. The number of rotatable bonds is 3. The van der Waals surface area contributed by atoms with E-state index in [0.29, 0.717) is 0 Å². The number of anilines is 1. The topological polar surface area (TPSA) is 59.1 Å². The van der Waals surface area contributed by atoms with E-state index in [1.54, 1.807) is 12.1 Å². The Morgan fingerprint density at radius 2 is 1.86 bits per heavy atom. The van der Waals surface area contributed by atoms with Gasteiger partial charge in [0.15, 0.2) is 0 Å².